The van der Waals surface area contributed by atoms with Crippen LogP contribution in [0, 0.1) is 0 Å². The number of primary amides is 1. The van der Waals surface area contributed by atoms with Gasteiger partial charge in [0, 0.05) is 0 Å². The Balaban J connectivity index is 4.62. The normalized spacial score (nSPS) is 14.3. The van der Waals surface area contributed by atoms with Crippen LogP contribution >= 0.6 is 0 Å². The maximum Gasteiger partial charge on any atom is 0.404 e. The van der Waals surface area contributed by atoms with E-state index in [1.54, 1.807) is 0 Å². The quantitative estimate of drug-likeness (QED) is 0.674. The molecular weight excluding hydrogens is 211 g/mol. The lowest BCUT2D eigenvalue weighted by atomic mass is 10.1. The Labute approximate surface area is 86.4 Å². The van der Waals surface area contributed by atoms with Gasteiger partial charge in [0.05, 0.1) is 6.54 Å². The van der Waals surface area contributed by atoms with Gasteiger partial charge in [-0.3, -0.25) is 9.69 Å². The van der Waals surface area contributed by atoms with Gasteiger partial charge in [-0.05, 0) is 19.5 Å². The zero-order valence-corrected chi connectivity index (χ0v) is 8.55. The van der Waals surface area contributed by atoms with Crippen molar-refractivity contribution in [2.75, 3.05) is 19.6 Å². The summed E-state index contributed by atoms with van der Waals surface area (Å²) < 4.78 is 37.6. The minimum absolute atomic E-state index is 0.0839. The highest BCUT2D eigenvalue weighted by Gasteiger charge is 2.42. The average Bonchev–Trinajstić information content (AvgIpc) is 2.08. The van der Waals surface area contributed by atoms with E-state index in [-0.39, 0.29) is 19.5 Å². The van der Waals surface area contributed by atoms with Gasteiger partial charge in [0.2, 0.25) is 5.91 Å². The third-order valence-corrected chi connectivity index (χ3v) is 2.02. The van der Waals surface area contributed by atoms with Crippen molar-refractivity contribution >= 4 is 5.91 Å². The number of halogens is 3. The topological polar surface area (TPSA) is 72.3 Å². The summed E-state index contributed by atoms with van der Waals surface area (Å²) in [4.78, 5) is 11.6. The highest BCUT2D eigenvalue weighted by Crippen LogP contribution is 2.26. The molecule has 0 aromatic carbocycles. The van der Waals surface area contributed by atoms with Crippen molar-refractivity contribution in [2.45, 2.75) is 25.6 Å². The molecule has 0 aromatic rings. The van der Waals surface area contributed by atoms with Crippen molar-refractivity contribution in [1.29, 1.82) is 0 Å². The Morgan fingerprint density at radius 1 is 1.47 bits per heavy atom. The van der Waals surface area contributed by atoms with Gasteiger partial charge >= 0.3 is 6.18 Å². The van der Waals surface area contributed by atoms with Crippen molar-refractivity contribution < 1.29 is 18.0 Å². The van der Waals surface area contributed by atoms with Crippen LogP contribution in [0.15, 0.2) is 0 Å². The van der Waals surface area contributed by atoms with Gasteiger partial charge in [0.1, 0.15) is 6.04 Å². The van der Waals surface area contributed by atoms with E-state index in [1.165, 1.54) is 6.92 Å². The summed E-state index contributed by atoms with van der Waals surface area (Å²) >= 11 is 0. The number of amides is 1. The molecule has 1 atom stereocenters. The molecule has 4 nitrogen and oxygen atoms in total. The zero-order chi connectivity index (χ0) is 12.1. The Hall–Kier alpha value is -0.820. The predicted molar refractivity (Wildman–Crippen MR) is 50.0 cm³/mol. The molecule has 0 saturated heterocycles. The van der Waals surface area contributed by atoms with E-state index < -0.39 is 24.7 Å². The number of likely N-dealkylation sites (N-methyl/N-ethyl adjacent to an activating group) is 1. The summed E-state index contributed by atoms with van der Waals surface area (Å²) in [5, 5.41) is 0. The van der Waals surface area contributed by atoms with E-state index >= 15 is 0 Å². The van der Waals surface area contributed by atoms with Crippen molar-refractivity contribution in [3.63, 3.8) is 0 Å². The summed E-state index contributed by atoms with van der Waals surface area (Å²) in [5.74, 6) is -0.775. The van der Waals surface area contributed by atoms with E-state index in [9.17, 15) is 18.0 Å². The molecule has 1 unspecified atom stereocenters. The largest absolute Gasteiger partial charge is 0.404 e. The fraction of sp³-hybridized carbons (Fsp3) is 0.875. The van der Waals surface area contributed by atoms with Crippen LogP contribution in [0.5, 0.6) is 0 Å². The van der Waals surface area contributed by atoms with E-state index in [1.807, 2.05) is 0 Å². The number of nitrogens with two attached hydrogens (primary N) is 2. The van der Waals surface area contributed by atoms with Gasteiger partial charge in [-0.2, -0.15) is 13.2 Å². The van der Waals surface area contributed by atoms with Crippen LogP contribution < -0.4 is 11.5 Å². The first-order valence-corrected chi connectivity index (χ1v) is 4.62. The average molecular weight is 227 g/mol. The van der Waals surface area contributed by atoms with E-state index in [4.69, 9.17) is 11.5 Å². The molecule has 0 aromatic heterocycles. The summed E-state index contributed by atoms with van der Waals surface area (Å²) in [6.45, 7) is 1.16. The Kier molecular flexibility index (Phi) is 5.59. The highest BCUT2D eigenvalue weighted by molar-refractivity contribution is 5.75. The number of rotatable bonds is 6. The molecule has 0 aliphatic heterocycles. The lowest BCUT2D eigenvalue weighted by molar-refractivity contribution is -0.184. The third-order valence-electron chi connectivity index (χ3n) is 2.02. The molecule has 90 valence electrons. The fourth-order valence-electron chi connectivity index (χ4n) is 1.35. The van der Waals surface area contributed by atoms with Crippen LogP contribution in [0.4, 0.5) is 13.2 Å². The number of hydrogen-bond donors (Lipinski definition) is 2. The van der Waals surface area contributed by atoms with Crippen LogP contribution in [-0.4, -0.2) is 42.7 Å². The summed E-state index contributed by atoms with van der Waals surface area (Å²) in [6, 6.07) is -1.69. The second kappa shape index (κ2) is 5.92. The van der Waals surface area contributed by atoms with Crippen molar-refractivity contribution in [1.82, 2.24) is 4.90 Å². The molecule has 0 aliphatic carbocycles. The third kappa shape index (κ3) is 4.98. The zero-order valence-electron chi connectivity index (χ0n) is 8.55. The number of alkyl halides is 3. The molecule has 0 spiro atoms. The van der Waals surface area contributed by atoms with Gasteiger partial charge in [0.25, 0.3) is 0 Å². The van der Waals surface area contributed by atoms with Crippen molar-refractivity contribution in [3.05, 3.63) is 0 Å². The molecule has 1 amide bonds. The lowest BCUT2D eigenvalue weighted by Gasteiger charge is -2.30. The number of carbonyl (C=O) groups excluding carboxylic acids is 1. The smallest absolute Gasteiger partial charge is 0.369 e. The van der Waals surface area contributed by atoms with Gasteiger partial charge in [-0.1, -0.05) is 6.92 Å². The Bertz CT molecular complexity index is 208. The molecule has 7 heteroatoms. The van der Waals surface area contributed by atoms with Crippen LogP contribution in [0.3, 0.4) is 0 Å². The first-order chi connectivity index (χ1) is 6.82. The van der Waals surface area contributed by atoms with Gasteiger partial charge in [0.15, 0.2) is 0 Å². The second-order valence-corrected chi connectivity index (χ2v) is 3.16. The molecule has 0 saturated carbocycles. The number of hydrogen-bond acceptors (Lipinski definition) is 3. The molecule has 4 N–H and O–H groups in total. The van der Waals surface area contributed by atoms with Crippen LogP contribution in [0.1, 0.15) is 13.3 Å². The molecule has 0 bridgehead atoms. The molecule has 0 fully saturated rings. The number of carbonyl (C=O) groups is 1. The summed E-state index contributed by atoms with van der Waals surface area (Å²) in [6.07, 6.45) is -4.62. The minimum atomic E-state index is -4.38. The van der Waals surface area contributed by atoms with E-state index in [0.717, 1.165) is 4.90 Å². The minimum Gasteiger partial charge on any atom is -0.369 e. The van der Waals surface area contributed by atoms with Gasteiger partial charge in [-0.25, -0.2) is 0 Å². The maximum atomic E-state index is 12.5. The maximum absolute atomic E-state index is 12.5. The first-order valence-electron chi connectivity index (χ1n) is 4.62. The monoisotopic (exact) mass is 227 g/mol. The molecule has 0 rings (SSSR count). The number of nitrogens with zero attached hydrogens (tertiary/aromatic N) is 1. The molecular formula is C8H16F3N3O. The molecule has 0 aliphatic rings. The fourth-order valence-corrected chi connectivity index (χ4v) is 1.35. The van der Waals surface area contributed by atoms with E-state index in [2.05, 4.69) is 0 Å². The van der Waals surface area contributed by atoms with Crippen molar-refractivity contribution in [3.8, 4) is 0 Å². The van der Waals surface area contributed by atoms with Crippen LogP contribution in [-0.2, 0) is 4.79 Å². The standard InChI is InChI=1S/C8H16F3N3O/c1-2-14(5-7(13)15)6(3-4-12)8(9,10)11/h6H,2-5,12H2,1H3,(H2,13,15). The van der Waals surface area contributed by atoms with Gasteiger partial charge in [-0.15, -0.1) is 0 Å². The van der Waals surface area contributed by atoms with Gasteiger partial charge < -0.3 is 11.5 Å². The summed E-state index contributed by atoms with van der Waals surface area (Å²) in [7, 11) is 0. The second-order valence-electron chi connectivity index (χ2n) is 3.16. The Morgan fingerprint density at radius 3 is 2.27 bits per heavy atom. The van der Waals surface area contributed by atoms with E-state index in [0.29, 0.717) is 0 Å². The molecule has 0 radical (unpaired) electrons. The van der Waals surface area contributed by atoms with Crippen molar-refractivity contribution in [2.24, 2.45) is 11.5 Å². The summed E-state index contributed by atoms with van der Waals surface area (Å²) in [5.41, 5.74) is 9.97. The molecule has 15 heavy (non-hydrogen) atoms. The molecule has 0 heterocycles. The SMILES string of the molecule is CCN(CC(N)=O)C(CCN)C(F)(F)F. The highest BCUT2D eigenvalue weighted by atomic mass is 19.4. The first kappa shape index (κ1) is 14.2. The van der Waals surface area contributed by atoms with Crippen LogP contribution in [0.2, 0.25) is 0 Å². The predicted octanol–water partition coefficient (Wildman–Crippen LogP) is 0.0733. The Morgan fingerprint density at radius 2 is 2.00 bits per heavy atom. The van der Waals surface area contributed by atoms with Crippen LogP contribution in [0.25, 0.3) is 0 Å². The lowest BCUT2D eigenvalue weighted by Crippen LogP contribution is -2.49.